The smallest absolute Gasteiger partial charge is 0.411 e. The average Bonchev–Trinajstić information content (AvgIpc) is 2.55. The van der Waals surface area contributed by atoms with Gasteiger partial charge in [-0.2, -0.15) is 0 Å². The number of anilines is 1. The fourth-order valence-corrected chi connectivity index (χ4v) is 1.96. The Morgan fingerprint density at radius 3 is 2.57 bits per heavy atom. The van der Waals surface area contributed by atoms with Crippen molar-refractivity contribution in [2.45, 2.75) is 13.2 Å². The Labute approximate surface area is 133 Å². The summed E-state index contributed by atoms with van der Waals surface area (Å²) in [5, 5.41) is 13.4. The number of benzene rings is 2. The molecule has 0 unspecified atom stereocenters. The quantitative estimate of drug-likeness (QED) is 0.650. The van der Waals surface area contributed by atoms with Gasteiger partial charge in [0.2, 0.25) is 0 Å². The molecule has 0 aliphatic rings. The van der Waals surface area contributed by atoms with Gasteiger partial charge in [-0.25, -0.2) is 4.79 Å². The van der Waals surface area contributed by atoms with Crippen LogP contribution in [0.25, 0.3) is 0 Å². The number of carbonyl (C=O) groups excluding carboxylic acids is 1. The molecule has 2 aromatic carbocycles. The van der Waals surface area contributed by atoms with Crippen molar-refractivity contribution in [1.29, 1.82) is 0 Å². The first kappa shape index (κ1) is 16.4. The normalized spacial score (nSPS) is 10.1. The highest BCUT2D eigenvalue weighted by molar-refractivity contribution is 5.86. The number of nitrogens with zero attached hydrogens (tertiary/aromatic N) is 1. The van der Waals surface area contributed by atoms with E-state index in [9.17, 15) is 14.9 Å². The number of hydrogen-bond acceptors (Lipinski definition) is 5. The van der Waals surface area contributed by atoms with E-state index in [4.69, 9.17) is 9.47 Å². The molecule has 7 heteroatoms. The third-order valence-electron chi connectivity index (χ3n) is 3.05. The zero-order valence-corrected chi connectivity index (χ0v) is 12.5. The molecule has 0 bridgehead atoms. The summed E-state index contributed by atoms with van der Waals surface area (Å²) < 4.78 is 10.1. The molecule has 1 N–H and O–H groups in total. The van der Waals surface area contributed by atoms with E-state index < -0.39 is 11.0 Å². The molecule has 0 saturated carbocycles. The zero-order valence-electron chi connectivity index (χ0n) is 12.5. The van der Waals surface area contributed by atoms with Crippen molar-refractivity contribution >= 4 is 17.5 Å². The maximum Gasteiger partial charge on any atom is 0.411 e. The number of nitrogens with one attached hydrogen (secondary N) is 1. The lowest BCUT2D eigenvalue weighted by Gasteiger charge is -2.11. The Hall–Kier alpha value is -2.93. The summed E-state index contributed by atoms with van der Waals surface area (Å²) in [6.07, 6.45) is -0.639. The topological polar surface area (TPSA) is 90.7 Å². The molecule has 23 heavy (non-hydrogen) atoms. The largest absolute Gasteiger partial charge is 0.444 e. The third kappa shape index (κ3) is 4.79. The van der Waals surface area contributed by atoms with E-state index in [1.807, 2.05) is 30.3 Å². The summed E-state index contributed by atoms with van der Waals surface area (Å²) in [5.74, 6) is 0. The van der Waals surface area contributed by atoms with Crippen molar-refractivity contribution in [2.75, 3.05) is 12.4 Å². The minimum atomic E-state index is -0.639. The molecular weight excluding hydrogens is 300 g/mol. The second kappa shape index (κ2) is 7.90. The van der Waals surface area contributed by atoms with Crippen LogP contribution in [-0.2, 0) is 22.7 Å². The summed E-state index contributed by atoms with van der Waals surface area (Å²) in [4.78, 5) is 22.2. The fourth-order valence-electron chi connectivity index (χ4n) is 1.96. The number of carbonyl (C=O) groups is 1. The van der Waals surface area contributed by atoms with Crippen molar-refractivity contribution in [2.24, 2.45) is 0 Å². The second-order valence-corrected chi connectivity index (χ2v) is 4.72. The van der Waals surface area contributed by atoms with E-state index >= 15 is 0 Å². The van der Waals surface area contributed by atoms with Gasteiger partial charge in [0.15, 0.2) is 0 Å². The first-order valence-corrected chi connectivity index (χ1v) is 6.84. The molecule has 0 fully saturated rings. The highest BCUT2D eigenvalue weighted by Gasteiger charge is 2.13. The van der Waals surface area contributed by atoms with Crippen LogP contribution in [0, 0.1) is 10.1 Å². The fraction of sp³-hybridized carbons (Fsp3) is 0.188. The van der Waals surface area contributed by atoms with Crippen molar-refractivity contribution in [3.05, 3.63) is 69.8 Å². The number of methoxy groups -OCH3 is 1. The van der Waals surface area contributed by atoms with E-state index in [-0.39, 0.29) is 18.9 Å². The highest BCUT2D eigenvalue weighted by Crippen LogP contribution is 2.23. The Morgan fingerprint density at radius 1 is 1.17 bits per heavy atom. The molecule has 1 amide bonds. The lowest BCUT2D eigenvalue weighted by molar-refractivity contribution is -0.384. The molecule has 0 saturated heterocycles. The van der Waals surface area contributed by atoms with Crippen LogP contribution in [-0.4, -0.2) is 18.1 Å². The number of amides is 1. The molecule has 0 aromatic heterocycles. The molecule has 120 valence electrons. The minimum Gasteiger partial charge on any atom is -0.444 e. The van der Waals surface area contributed by atoms with E-state index in [1.165, 1.54) is 25.3 Å². The van der Waals surface area contributed by atoms with Gasteiger partial charge in [-0.1, -0.05) is 30.3 Å². The number of rotatable bonds is 6. The van der Waals surface area contributed by atoms with Gasteiger partial charge < -0.3 is 9.47 Å². The predicted molar refractivity (Wildman–Crippen MR) is 84.1 cm³/mol. The van der Waals surface area contributed by atoms with Gasteiger partial charge in [0.05, 0.1) is 17.2 Å². The number of ether oxygens (including phenoxy) is 2. The molecule has 0 spiro atoms. The van der Waals surface area contributed by atoms with E-state index in [2.05, 4.69) is 5.32 Å². The van der Waals surface area contributed by atoms with Crippen LogP contribution in [0.15, 0.2) is 48.5 Å². The van der Waals surface area contributed by atoms with Crippen molar-refractivity contribution in [3.8, 4) is 0 Å². The van der Waals surface area contributed by atoms with E-state index in [0.29, 0.717) is 11.3 Å². The molecule has 0 heterocycles. The van der Waals surface area contributed by atoms with Crippen molar-refractivity contribution in [1.82, 2.24) is 0 Å². The lowest BCUT2D eigenvalue weighted by atomic mass is 10.1. The molecule has 2 aromatic rings. The van der Waals surface area contributed by atoms with Crippen LogP contribution in [0.3, 0.4) is 0 Å². The van der Waals surface area contributed by atoms with Crippen molar-refractivity contribution in [3.63, 3.8) is 0 Å². The molecular formula is C16H16N2O5. The number of non-ortho nitro benzene ring substituents is 1. The third-order valence-corrected chi connectivity index (χ3v) is 3.05. The average molecular weight is 316 g/mol. The Morgan fingerprint density at radius 2 is 1.91 bits per heavy atom. The number of hydrogen-bond donors (Lipinski definition) is 1. The summed E-state index contributed by atoms with van der Waals surface area (Å²) in [6.45, 7) is 0.273. The second-order valence-electron chi connectivity index (χ2n) is 4.72. The van der Waals surface area contributed by atoms with E-state index in [1.54, 1.807) is 0 Å². The monoisotopic (exact) mass is 316 g/mol. The zero-order chi connectivity index (χ0) is 16.7. The summed E-state index contributed by atoms with van der Waals surface area (Å²) in [5.41, 5.74) is 1.71. The SMILES string of the molecule is COCc1cc([N+](=O)[O-])ccc1NC(=O)OCc1ccccc1. The summed E-state index contributed by atoms with van der Waals surface area (Å²) in [6, 6.07) is 13.4. The first-order valence-electron chi connectivity index (χ1n) is 6.84. The van der Waals surface area contributed by atoms with Gasteiger partial charge in [0.25, 0.3) is 5.69 Å². The van der Waals surface area contributed by atoms with Gasteiger partial charge >= 0.3 is 6.09 Å². The van der Waals surface area contributed by atoms with Crippen LogP contribution < -0.4 is 5.32 Å². The van der Waals surface area contributed by atoms with Gasteiger partial charge in [0, 0.05) is 24.8 Å². The van der Waals surface area contributed by atoms with Crippen LogP contribution in [0.4, 0.5) is 16.2 Å². The predicted octanol–water partition coefficient (Wildman–Crippen LogP) is 3.49. The highest BCUT2D eigenvalue weighted by atomic mass is 16.6. The van der Waals surface area contributed by atoms with Crippen LogP contribution in [0.1, 0.15) is 11.1 Å². The first-order chi connectivity index (χ1) is 11.1. The minimum absolute atomic E-state index is 0.0692. The lowest BCUT2D eigenvalue weighted by Crippen LogP contribution is -2.15. The van der Waals surface area contributed by atoms with Crippen LogP contribution >= 0.6 is 0 Å². The van der Waals surface area contributed by atoms with Gasteiger partial charge in [0.1, 0.15) is 6.61 Å². The maximum atomic E-state index is 11.9. The van der Waals surface area contributed by atoms with Gasteiger partial charge in [-0.05, 0) is 11.6 Å². The number of nitro groups is 1. The molecule has 0 aliphatic heterocycles. The van der Waals surface area contributed by atoms with Crippen molar-refractivity contribution < 1.29 is 19.2 Å². The summed E-state index contributed by atoms with van der Waals surface area (Å²) in [7, 11) is 1.47. The van der Waals surface area contributed by atoms with Gasteiger partial charge in [-0.15, -0.1) is 0 Å². The van der Waals surface area contributed by atoms with Crippen LogP contribution in [0.2, 0.25) is 0 Å². The number of nitro benzene ring substituents is 1. The Kier molecular flexibility index (Phi) is 5.65. The standard InChI is InChI=1S/C16H16N2O5/c1-22-11-13-9-14(18(20)21)7-8-15(13)17-16(19)23-10-12-5-3-2-4-6-12/h2-9H,10-11H2,1H3,(H,17,19). The van der Waals surface area contributed by atoms with E-state index in [0.717, 1.165) is 5.56 Å². The molecule has 0 radical (unpaired) electrons. The summed E-state index contributed by atoms with van der Waals surface area (Å²) >= 11 is 0. The molecule has 2 rings (SSSR count). The Bertz CT molecular complexity index is 688. The maximum absolute atomic E-state index is 11.9. The molecule has 7 nitrogen and oxygen atoms in total. The molecule has 0 atom stereocenters. The molecule has 0 aliphatic carbocycles. The van der Waals surface area contributed by atoms with Crippen LogP contribution in [0.5, 0.6) is 0 Å². The Balaban J connectivity index is 2.03. The van der Waals surface area contributed by atoms with Gasteiger partial charge in [-0.3, -0.25) is 15.4 Å².